The van der Waals surface area contributed by atoms with Crippen LogP contribution in [0.3, 0.4) is 0 Å². The Balaban J connectivity index is 1.99. The van der Waals surface area contributed by atoms with Crippen LogP contribution >= 0.6 is 54.5 Å². The number of unbranched alkanes of at least 4 members (excludes halogenated alkanes) is 1. The number of thiophene rings is 2. The van der Waals surface area contributed by atoms with Crippen molar-refractivity contribution < 1.29 is 4.74 Å². The summed E-state index contributed by atoms with van der Waals surface area (Å²) in [4.78, 5) is 1.26. The topological polar surface area (TPSA) is 9.23 Å². The Labute approximate surface area is 126 Å². The zero-order chi connectivity index (χ0) is 12.1. The normalized spacial score (nSPS) is 10.7. The minimum Gasteiger partial charge on any atom is -0.483 e. The summed E-state index contributed by atoms with van der Waals surface area (Å²) in [5.41, 5.74) is 1.27. The number of rotatable bonds is 6. The van der Waals surface area contributed by atoms with Gasteiger partial charge in [-0.15, -0.1) is 0 Å². The monoisotopic (exact) mass is 394 g/mol. The van der Waals surface area contributed by atoms with Crippen LogP contribution in [0, 0.1) is 0 Å². The molecule has 92 valence electrons. The lowest BCUT2D eigenvalue weighted by atomic mass is 10.3. The van der Waals surface area contributed by atoms with Crippen LogP contribution in [0.15, 0.2) is 27.4 Å². The van der Waals surface area contributed by atoms with Crippen LogP contribution in [0.5, 0.6) is 5.06 Å². The summed E-state index contributed by atoms with van der Waals surface area (Å²) in [5.74, 6) is 0. The first-order valence-corrected chi connectivity index (χ1v) is 8.99. The first kappa shape index (κ1) is 13.6. The molecule has 1 nitrogen and oxygen atoms in total. The standard InChI is InChI=1S/C12H12Br2OS2/c13-4-1-2-5-15-12-10(14)7-11(17-12)9-3-6-16-8-9/h3,6-8H,1-2,4-5H2. The fourth-order valence-corrected chi connectivity index (χ4v) is 4.14. The van der Waals surface area contributed by atoms with E-state index in [2.05, 4.69) is 54.8 Å². The molecule has 0 spiro atoms. The Morgan fingerprint density at radius 2 is 2.18 bits per heavy atom. The maximum absolute atomic E-state index is 5.77. The summed E-state index contributed by atoms with van der Waals surface area (Å²) in [5, 5.41) is 6.29. The van der Waals surface area contributed by atoms with E-state index in [1.54, 1.807) is 22.7 Å². The van der Waals surface area contributed by atoms with Gasteiger partial charge >= 0.3 is 0 Å². The molecule has 2 aromatic heterocycles. The lowest BCUT2D eigenvalue weighted by Gasteiger charge is -2.02. The molecule has 0 bridgehead atoms. The van der Waals surface area contributed by atoms with Crippen molar-refractivity contribution >= 4 is 54.5 Å². The van der Waals surface area contributed by atoms with Gasteiger partial charge < -0.3 is 4.74 Å². The van der Waals surface area contributed by atoms with E-state index in [1.165, 1.54) is 10.4 Å². The molecule has 2 aromatic rings. The molecule has 2 heterocycles. The Bertz CT molecular complexity index is 451. The van der Waals surface area contributed by atoms with E-state index < -0.39 is 0 Å². The number of hydrogen-bond acceptors (Lipinski definition) is 3. The van der Waals surface area contributed by atoms with E-state index in [0.717, 1.165) is 34.3 Å². The first-order chi connectivity index (χ1) is 8.31. The zero-order valence-corrected chi connectivity index (χ0v) is 13.9. The van der Waals surface area contributed by atoms with Crippen LogP contribution in [-0.4, -0.2) is 11.9 Å². The summed E-state index contributed by atoms with van der Waals surface area (Å²) < 4.78 is 6.83. The van der Waals surface area contributed by atoms with E-state index in [1.807, 2.05) is 0 Å². The van der Waals surface area contributed by atoms with Gasteiger partial charge in [-0.05, 0) is 51.7 Å². The minimum absolute atomic E-state index is 0.786. The van der Waals surface area contributed by atoms with Gasteiger partial charge in [0.1, 0.15) is 0 Å². The second-order valence-corrected chi connectivity index (χ2v) is 6.94. The highest BCUT2D eigenvalue weighted by Gasteiger charge is 2.09. The van der Waals surface area contributed by atoms with Gasteiger partial charge in [0.15, 0.2) is 5.06 Å². The SMILES string of the molecule is BrCCCCOc1sc(-c2ccsc2)cc1Br. The third kappa shape index (κ3) is 3.81. The second-order valence-electron chi connectivity index (χ2n) is 3.50. The molecule has 0 unspecified atom stereocenters. The average Bonchev–Trinajstić information content (AvgIpc) is 2.94. The number of halogens is 2. The van der Waals surface area contributed by atoms with Gasteiger partial charge in [-0.2, -0.15) is 11.3 Å². The molecular weight excluding hydrogens is 384 g/mol. The number of hydrogen-bond donors (Lipinski definition) is 0. The molecule has 17 heavy (non-hydrogen) atoms. The molecule has 0 radical (unpaired) electrons. The van der Waals surface area contributed by atoms with Crippen molar-refractivity contribution in [1.29, 1.82) is 0 Å². The van der Waals surface area contributed by atoms with Crippen LogP contribution < -0.4 is 4.74 Å². The molecule has 0 aromatic carbocycles. The molecule has 0 atom stereocenters. The van der Waals surface area contributed by atoms with E-state index in [-0.39, 0.29) is 0 Å². The molecule has 0 N–H and O–H groups in total. The molecule has 0 saturated heterocycles. The molecule has 0 aliphatic carbocycles. The van der Waals surface area contributed by atoms with E-state index in [4.69, 9.17) is 4.74 Å². The van der Waals surface area contributed by atoms with Crippen LogP contribution in [0.1, 0.15) is 12.8 Å². The highest BCUT2D eigenvalue weighted by molar-refractivity contribution is 9.10. The van der Waals surface area contributed by atoms with Crippen LogP contribution in [0.25, 0.3) is 10.4 Å². The third-order valence-corrected chi connectivity index (χ3v) is 5.41. The highest BCUT2D eigenvalue weighted by atomic mass is 79.9. The summed E-state index contributed by atoms with van der Waals surface area (Å²) in [7, 11) is 0. The first-order valence-electron chi connectivity index (χ1n) is 5.32. The van der Waals surface area contributed by atoms with Gasteiger partial charge in [-0.1, -0.05) is 27.3 Å². The Kier molecular flexibility index (Phi) is 5.53. The average molecular weight is 396 g/mol. The summed E-state index contributed by atoms with van der Waals surface area (Å²) in [6, 6.07) is 4.27. The second kappa shape index (κ2) is 6.92. The minimum atomic E-state index is 0.786. The van der Waals surface area contributed by atoms with Gasteiger partial charge in [0.05, 0.1) is 11.1 Å². The van der Waals surface area contributed by atoms with Crippen molar-refractivity contribution in [3.63, 3.8) is 0 Å². The van der Waals surface area contributed by atoms with Gasteiger partial charge in [-0.25, -0.2) is 0 Å². The van der Waals surface area contributed by atoms with E-state index in [9.17, 15) is 0 Å². The summed E-state index contributed by atoms with van der Waals surface area (Å²) >= 11 is 10.4. The van der Waals surface area contributed by atoms with E-state index in [0.29, 0.717) is 0 Å². The molecule has 0 aliphatic rings. The smallest absolute Gasteiger partial charge is 0.188 e. The molecule has 5 heteroatoms. The predicted octanol–water partition coefficient (Wildman–Crippen LogP) is 5.79. The Morgan fingerprint density at radius 3 is 2.88 bits per heavy atom. The van der Waals surface area contributed by atoms with Crippen molar-refractivity contribution in [1.82, 2.24) is 0 Å². The number of alkyl halides is 1. The lowest BCUT2D eigenvalue weighted by molar-refractivity contribution is 0.317. The van der Waals surface area contributed by atoms with Crippen molar-refractivity contribution in [3.05, 3.63) is 27.4 Å². The van der Waals surface area contributed by atoms with Crippen molar-refractivity contribution in [2.24, 2.45) is 0 Å². The summed E-state index contributed by atoms with van der Waals surface area (Å²) in [6.07, 6.45) is 2.24. The third-order valence-electron chi connectivity index (χ3n) is 2.22. The zero-order valence-electron chi connectivity index (χ0n) is 9.12. The summed E-state index contributed by atoms with van der Waals surface area (Å²) in [6.45, 7) is 0.786. The van der Waals surface area contributed by atoms with Crippen LogP contribution in [-0.2, 0) is 0 Å². The van der Waals surface area contributed by atoms with Crippen molar-refractivity contribution in [2.75, 3.05) is 11.9 Å². The van der Waals surface area contributed by atoms with Gasteiger partial charge in [0.2, 0.25) is 0 Å². The van der Waals surface area contributed by atoms with Crippen LogP contribution in [0.4, 0.5) is 0 Å². The maximum Gasteiger partial charge on any atom is 0.188 e. The molecule has 0 amide bonds. The van der Waals surface area contributed by atoms with Crippen molar-refractivity contribution in [2.45, 2.75) is 12.8 Å². The van der Waals surface area contributed by atoms with Gasteiger partial charge in [0, 0.05) is 15.8 Å². The quantitative estimate of drug-likeness (QED) is 0.444. The largest absolute Gasteiger partial charge is 0.483 e. The highest BCUT2D eigenvalue weighted by Crippen LogP contribution is 2.41. The molecule has 0 fully saturated rings. The maximum atomic E-state index is 5.77. The van der Waals surface area contributed by atoms with Crippen LogP contribution in [0.2, 0.25) is 0 Å². The Morgan fingerprint density at radius 1 is 1.29 bits per heavy atom. The van der Waals surface area contributed by atoms with E-state index >= 15 is 0 Å². The molecule has 2 rings (SSSR count). The Hall–Kier alpha value is 0.160. The van der Waals surface area contributed by atoms with Crippen molar-refractivity contribution in [3.8, 4) is 15.5 Å². The number of ether oxygens (including phenoxy) is 1. The molecule has 0 aliphatic heterocycles. The lowest BCUT2D eigenvalue weighted by Crippen LogP contribution is -1.95. The molecular formula is C12H12Br2OS2. The predicted molar refractivity (Wildman–Crippen MR) is 83.9 cm³/mol. The van der Waals surface area contributed by atoms with Gasteiger partial charge in [0.25, 0.3) is 0 Å². The fraction of sp³-hybridized carbons (Fsp3) is 0.333. The van der Waals surface area contributed by atoms with Gasteiger partial charge in [-0.3, -0.25) is 0 Å². The molecule has 0 saturated carbocycles. The fourth-order valence-electron chi connectivity index (χ4n) is 1.36.